The molecule has 1 amide bonds. The minimum absolute atomic E-state index is 0.0174. The molecule has 0 heterocycles. The van der Waals surface area contributed by atoms with Crippen LogP contribution in [0.25, 0.3) is 0 Å². The quantitative estimate of drug-likeness (QED) is 0.703. The Hall–Kier alpha value is -0.570. The van der Waals surface area contributed by atoms with Crippen molar-refractivity contribution in [2.24, 2.45) is 17.1 Å². The van der Waals surface area contributed by atoms with Crippen LogP contribution in [0.3, 0.4) is 0 Å². The fourth-order valence-electron chi connectivity index (χ4n) is 1.96. The van der Waals surface area contributed by atoms with E-state index in [4.69, 9.17) is 5.73 Å². The fraction of sp³-hybridized carbons (Fsp3) is 0.917. The lowest BCUT2D eigenvalue weighted by molar-refractivity contribution is -0.122. The van der Waals surface area contributed by atoms with E-state index in [1.54, 1.807) is 0 Å². The smallest absolute Gasteiger partial charge is 0.236 e. The summed E-state index contributed by atoms with van der Waals surface area (Å²) in [6, 6.07) is -0.321. The Morgan fingerprint density at radius 2 is 2.07 bits per heavy atom. The van der Waals surface area contributed by atoms with Gasteiger partial charge in [-0.25, -0.2) is 0 Å². The first-order chi connectivity index (χ1) is 7.02. The zero-order valence-electron chi connectivity index (χ0n) is 10.2. The number of hydrogen-bond acceptors (Lipinski definition) is 2. The standard InChI is InChI=1S/C12H24N2O/c1-4-5-10(13)11(15)14-8-12(6-7-12)9(2)3/h9-10H,4-8,13H2,1-3H3,(H,14,15). The van der Waals surface area contributed by atoms with Gasteiger partial charge in [0.15, 0.2) is 0 Å². The molecule has 1 aliphatic carbocycles. The molecule has 0 bridgehead atoms. The number of amides is 1. The molecule has 1 rings (SSSR count). The van der Waals surface area contributed by atoms with Crippen LogP contribution in [0.4, 0.5) is 0 Å². The first kappa shape index (κ1) is 12.5. The van der Waals surface area contributed by atoms with E-state index >= 15 is 0 Å². The minimum Gasteiger partial charge on any atom is -0.354 e. The van der Waals surface area contributed by atoms with Crippen molar-refractivity contribution < 1.29 is 4.79 Å². The second kappa shape index (κ2) is 4.97. The molecular weight excluding hydrogens is 188 g/mol. The number of nitrogens with two attached hydrogens (primary N) is 1. The van der Waals surface area contributed by atoms with E-state index < -0.39 is 0 Å². The van der Waals surface area contributed by atoms with Gasteiger partial charge in [-0.05, 0) is 30.6 Å². The van der Waals surface area contributed by atoms with Gasteiger partial charge in [0.1, 0.15) is 0 Å². The van der Waals surface area contributed by atoms with Crippen molar-refractivity contribution in [2.45, 2.75) is 52.5 Å². The average Bonchev–Trinajstić information content (AvgIpc) is 2.95. The van der Waals surface area contributed by atoms with Gasteiger partial charge in [-0.15, -0.1) is 0 Å². The van der Waals surface area contributed by atoms with E-state index in [1.807, 2.05) is 6.92 Å². The summed E-state index contributed by atoms with van der Waals surface area (Å²) in [5.74, 6) is 0.670. The van der Waals surface area contributed by atoms with Crippen LogP contribution in [0.2, 0.25) is 0 Å². The number of nitrogens with one attached hydrogen (secondary N) is 1. The number of hydrogen-bond donors (Lipinski definition) is 2. The van der Waals surface area contributed by atoms with E-state index in [-0.39, 0.29) is 11.9 Å². The summed E-state index contributed by atoms with van der Waals surface area (Å²) >= 11 is 0. The lowest BCUT2D eigenvalue weighted by Gasteiger charge is -2.21. The van der Waals surface area contributed by atoms with E-state index in [9.17, 15) is 4.79 Å². The maximum atomic E-state index is 11.6. The maximum absolute atomic E-state index is 11.6. The van der Waals surface area contributed by atoms with Crippen LogP contribution in [0.1, 0.15) is 46.5 Å². The highest BCUT2D eigenvalue weighted by atomic mass is 16.2. The van der Waals surface area contributed by atoms with Gasteiger partial charge in [0, 0.05) is 6.54 Å². The summed E-state index contributed by atoms with van der Waals surface area (Å²) < 4.78 is 0. The summed E-state index contributed by atoms with van der Waals surface area (Å²) in [6.45, 7) is 7.31. The summed E-state index contributed by atoms with van der Waals surface area (Å²) in [5, 5.41) is 2.99. The highest BCUT2D eigenvalue weighted by molar-refractivity contribution is 5.81. The Bertz CT molecular complexity index is 222. The molecule has 0 saturated heterocycles. The van der Waals surface area contributed by atoms with Gasteiger partial charge in [-0.1, -0.05) is 27.2 Å². The number of rotatable bonds is 6. The third-order valence-corrected chi connectivity index (χ3v) is 3.67. The molecule has 0 radical (unpaired) electrons. The Kier molecular flexibility index (Phi) is 4.14. The summed E-state index contributed by atoms with van der Waals surface area (Å²) in [4.78, 5) is 11.6. The third-order valence-electron chi connectivity index (χ3n) is 3.67. The predicted octanol–water partition coefficient (Wildman–Crippen LogP) is 1.67. The molecule has 1 fully saturated rings. The molecule has 3 nitrogen and oxygen atoms in total. The van der Waals surface area contributed by atoms with Gasteiger partial charge in [-0.2, -0.15) is 0 Å². The summed E-state index contributed by atoms with van der Waals surface area (Å²) in [6.07, 6.45) is 4.23. The fourth-order valence-corrected chi connectivity index (χ4v) is 1.96. The highest BCUT2D eigenvalue weighted by Crippen LogP contribution is 2.51. The topological polar surface area (TPSA) is 55.1 Å². The van der Waals surface area contributed by atoms with Crippen LogP contribution in [0.5, 0.6) is 0 Å². The zero-order valence-corrected chi connectivity index (χ0v) is 10.2. The predicted molar refractivity (Wildman–Crippen MR) is 62.4 cm³/mol. The lowest BCUT2D eigenvalue weighted by Crippen LogP contribution is -2.43. The van der Waals surface area contributed by atoms with E-state index in [0.29, 0.717) is 11.3 Å². The average molecular weight is 212 g/mol. The monoisotopic (exact) mass is 212 g/mol. The second-order valence-electron chi connectivity index (χ2n) is 5.13. The Labute approximate surface area is 92.8 Å². The molecule has 1 saturated carbocycles. The summed E-state index contributed by atoms with van der Waals surface area (Å²) in [7, 11) is 0. The Morgan fingerprint density at radius 3 is 2.47 bits per heavy atom. The van der Waals surface area contributed by atoms with Gasteiger partial charge < -0.3 is 11.1 Å². The van der Waals surface area contributed by atoms with Gasteiger partial charge in [0.25, 0.3) is 0 Å². The number of carbonyl (C=O) groups is 1. The van der Waals surface area contributed by atoms with Crippen LogP contribution in [0.15, 0.2) is 0 Å². The Balaban J connectivity index is 2.28. The van der Waals surface area contributed by atoms with E-state index in [0.717, 1.165) is 19.4 Å². The normalized spacial score (nSPS) is 20.1. The molecule has 1 unspecified atom stereocenters. The Morgan fingerprint density at radius 1 is 1.47 bits per heavy atom. The van der Waals surface area contributed by atoms with Crippen molar-refractivity contribution in [3.8, 4) is 0 Å². The van der Waals surface area contributed by atoms with Crippen molar-refractivity contribution in [1.29, 1.82) is 0 Å². The van der Waals surface area contributed by atoms with Gasteiger partial charge in [-0.3, -0.25) is 4.79 Å². The van der Waals surface area contributed by atoms with Crippen molar-refractivity contribution >= 4 is 5.91 Å². The largest absolute Gasteiger partial charge is 0.354 e. The van der Waals surface area contributed by atoms with Crippen molar-refractivity contribution in [3.63, 3.8) is 0 Å². The molecule has 0 aliphatic heterocycles. The van der Waals surface area contributed by atoms with Gasteiger partial charge >= 0.3 is 0 Å². The van der Waals surface area contributed by atoms with E-state index in [1.165, 1.54) is 12.8 Å². The summed E-state index contributed by atoms with van der Waals surface area (Å²) in [5.41, 5.74) is 6.12. The van der Waals surface area contributed by atoms with Crippen molar-refractivity contribution in [2.75, 3.05) is 6.54 Å². The molecule has 1 aliphatic rings. The van der Waals surface area contributed by atoms with E-state index in [2.05, 4.69) is 19.2 Å². The lowest BCUT2D eigenvalue weighted by atomic mass is 9.92. The maximum Gasteiger partial charge on any atom is 0.236 e. The third kappa shape index (κ3) is 3.20. The van der Waals surface area contributed by atoms with Crippen LogP contribution < -0.4 is 11.1 Å². The van der Waals surface area contributed by atoms with Gasteiger partial charge in [0.2, 0.25) is 5.91 Å². The molecule has 1 atom stereocenters. The number of carbonyl (C=O) groups excluding carboxylic acids is 1. The molecule has 0 aromatic heterocycles. The van der Waals surface area contributed by atoms with Crippen LogP contribution >= 0.6 is 0 Å². The molecule has 0 aromatic carbocycles. The first-order valence-corrected chi connectivity index (χ1v) is 6.05. The zero-order chi connectivity index (χ0) is 11.5. The molecule has 15 heavy (non-hydrogen) atoms. The van der Waals surface area contributed by atoms with Crippen LogP contribution in [-0.2, 0) is 4.79 Å². The van der Waals surface area contributed by atoms with Crippen LogP contribution in [0, 0.1) is 11.3 Å². The minimum atomic E-state index is -0.321. The van der Waals surface area contributed by atoms with Crippen LogP contribution in [-0.4, -0.2) is 18.5 Å². The first-order valence-electron chi connectivity index (χ1n) is 6.05. The highest BCUT2D eigenvalue weighted by Gasteiger charge is 2.45. The van der Waals surface area contributed by atoms with Crippen molar-refractivity contribution in [1.82, 2.24) is 5.32 Å². The second-order valence-corrected chi connectivity index (χ2v) is 5.13. The molecule has 0 spiro atoms. The molecule has 3 N–H and O–H groups in total. The molecule has 0 aromatic rings. The molecular formula is C12H24N2O. The van der Waals surface area contributed by atoms with Gasteiger partial charge in [0.05, 0.1) is 6.04 Å². The van der Waals surface area contributed by atoms with Crippen molar-refractivity contribution in [3.05, 3.63) is 0 Å². The SMILES string of the molecule is CCCC(N)C(=O)NCC1(C(C)C)CC1. The molecule has 3 heteroatoms. The molecule has 88 valence electrons.